The first-order valence-electron chi connectivity index (χ1n) is 7.41. The van der Waals surface area contributed by atoms with Crippen LogP contribution >= 0.6 is 23.1 Å². The molecule has 0 atom stereocenters. The van der Waals surface area contributed by atoms with Crippen LogP contribution in [0.15, 0.2) is 53.1 Å². The summed E-state index contributed by atoms with van der Waals surface area (Å²) in [5, 5.41) is 6.03. The highest BCUT2D eigenvalue weighted by molar-refractivity contribution is 7.98. The molecule has 5 nitrogen and oxygen atoms in total. The number of nitrogens with zero attached hydrogens (tertiary/aromatic N) is 3. The van der Waals surface area contributed by atoms with Gasteiger partial charge in [-0.25, -0.2) is 15.0 Å². The summed E-state index contributed by atoms with van der Waals surface area (Å²) >= 11 is 2.88. The van der Waals surface area contributed by atoms with E-state index in [1.807, 2.05) is 48.0 Å². The molecule has 3 rings (SSSR count). The molecular weight excluding hydrogens is 340 g/mol. The van der Waals surface area contributed by atoms with E-state index < -0.39 is 0 Å². The third-order valence-corrected chi connectivity index (χ3v) is 4.63. The second-order valence-corrected chi connectivity index (χ2v) is 6.63. The van der Waals surface area contributed by atoms with Gasteiger partial charge in [0.1, 0.15) is 5.69 Å². The van der Waals surface area contributed by atoms with Gasteiger partial charge in [0.2, 0.25) is 5.91 Å². The van der Waals surface area contributed by atoms with Crippen LogP contribution in [-0.4, -0.2) is 27.1 Å². The van der Waals surface area contributed by atoms with Crippen molar-refractivity contribution in [3.05, 3.63) is 53.5 Å². The number of hydrogen-bond donors (Lipinski definition) is 1. The lowest BCUT2D eigenvalue weighted by Crippen LogP contribution is -2.12. The first-order valence-corrected chi connectivity index (χ1v) is 9.52. The lowest BCUT2D eigenvalue weighted by molar-refractivity contribution is -0.116. The zero-order valence-electron chi connectivity index (χ0n) is 13.1. The lowest BCUT2D eigenvalue weighted by Gasteiger charge is -2.02. The van der Waals surface area contributed by atoms with Crippen molar-refractivity contribution >= 4 is 34.1 Å². The Hall–Kier alpha value is -2.25. The van der Waals surface area contributed by atoms with Gasteiger partial charge >= 0.3 is 0 Å². The molecule has 0 saturated heterocycles. The minimum absolute atomic E-state index is 0.0350. The monoisotopic (exact) mass is 356 g/mol. The maximum Gasteiger partial charge on any atom is 0.226 e. The predicted octanol–water partition coefficient (Wildman–Crippen LogP) is 3.89. The van der Waals surface area contributed by atoms with Crippen LogP contribution in [0.3, 0.4) is 0 Å². The number of anilines is 1. The smallest absolute Gasteiger partial charge is 0.226 e. The van der Waals surface area contributed by atoms with E-state index in [4.69, 9.17) is 0 Å². The average Bonchev–Trinajstić information content (AvgIpc) is 3.09. The molecule has 0 unspecified atom stereocenters. The van der Waals surface area contributed by atoms with Gasteiger partial charge in [0.05, 0.1) is 5.69 Å². The number of aryl methyl sites for hydroxylation is 1. The van der Waals surface area contributed by atoms with Crippen LogP contribution in [-0.2, 0) is 11.2 Å². The van der Waals surface area contributed by atoms with Crippen molar-refractivity contribution in [3.8, 4) is 11.4 Å². The molecule has 0 aliphatic rings. The summed E-state index contributed by atoms with van der Waals surface area (Å²) in [6.07, 6.45) is 4.79. The molecule has 2 aromatic heterocycles. The van der Waals surface area contributed by atoms with E-state index in [9.17, 15) is 4.79 Å². The van der Waals surface area contributed by atoms with Gasteiger partial charge in [-0.3, -0.25) is 4.79 Å². The van der Waals surface area contributed by atoms with Crippen molar-refractivity contribution in [3.63, 3.8) is 0 Å². The minimum Gasteiger partial charge on any atom is -0.302 e. The number of nitrogens with one attached hydrogen (secondary N) is 1. The number of carbonyl (C=O) groups excluding carboxylic acids is 1. The first-order chi connectivity index (χ1) is 11.7. The summed E-state index contributed by atoms with van der Waals surface area (Å²) in [7, 11) is 0. The molecule has 24 heavy (non-hydrogen) atoms. The van der Waals surface area contributed by atoms with Crippen molar-refractivity contribution in [1.29, 1.82) is 0 Å². The van der Waals surface area contributed by atoms with Crippen LogP contribution in [0.25, 0.3) is 11.4 Å². The maximum atomic E-state index is 12.1. The summed E-state index contributed by atoms with van der Waals surface area (Å²) in [6.45, 7) is 0. The number of rotatable bonds is 6. The van der Waals surface area contributed by atoms with E-state index in [1.165, 1.54) is 23.1 Å². The van der Waals surface area contributed by atoms with Gasteiger partial charge in [0.15, 0.2) is 10.3 Å². The molecule has 0 radical (unpaired) electrons. The molecule has 0 spiro atoms. The van der Waals surface area contributed by atoms with E-state index in [1.54, 1.807) is 6.20 Å². The topological polar surface area (TPSA) is 67.8 Å². The van der Waals surface area contributed by atoms with Crippen LogP contribution in [0.5, 0.6) is 0 Å². The Balaban J connectivity index is 1.60. The number of thiazole rings is 1. The Morgan fingerprint density at radius 1 is 1.17 bits per heavy atom. The van der Waals surface area contributed by atoms with Gasteiger partial charge in [-0.1, -0.05) is 42.1 Å². The van der Waals surface area contributed by atoms with Crippen molar-refractivity contribution in [1.82, 2.24) is 15.0 Å². The van der Waals surface area contributed by atoms with Gasteiger partial charge in [0.25, 0.3) is 0 Å². The fourth-order valence-electron chi connectivity index (χ4n) is 2.11. The highest BCUT2D eigenvalue weighted by atomic mass is 32.2. The Bertz CT molecular complexity index is 820. The quantitative estimate of drug-likeness (QED) is 0.536. The molecular formula is C17H16N4OS2. The average molecular weight is 356 g/mol. The minimum atomic E-state index is -0.0350. The highest BCUT2D eigenvalue weighted by Crippen LogP contribution is 2.24. The zero-order chi connectivity index (χ0) is 16.8. The Kier molecular flexibility index (Phi) is 5.55. The fraction of sp³-hybridized carbons (Fsp3) is 0.176. The molecule has 1 amide bonds. The number of aromatic nitrogens is 3. The SMILES string of the molecule is CSc1nccc(-c2csc(NC(=O)CCc3ccccc3)n2)n1. The van der Waals surface area contributed by atoms with Gasteiger partial charge in [-0.15, -0.1) is 11.3 Å². The standard InChI is InChI=1S/C17H16N4OS2/c1-23-16-18-10-9-13(19-16)14-11-24-17(20-14)21-15(22)8-7-12-5-3-2-4-6-12/h2-6,9-11H,7-8H2,1H3,(H,20,21,22). The Morgan fingerprint density at radius 3 is 2.79 bits per heavy atom. The van der Waals surface area contributed by atoms with E-state index in [2.05, 4.69) is 20.3 Å². The molecule has 0 aliphatic heterocycles. The van der Waals surface area contributed by atoms with Gasteiger partial charge in [-0.2, -0.15) is 0 Å². The summed E-state index contributed by atoms with van der Waals surface area (Å²) < 4.78 is 0. The molecule has 3 aromatic rings. The molecule has 122 valence electrons. The van der Waals surface area contributed by atoms with Crippen molar-refractivity contribution < 1.29 is 4.79 Å². The second kappa shape index (κ2) is 8.03. The van der Waals surface area contributed by atoms with Crippen LogP contribution in [0.1, 0.15) is 12.0 Å². The van der Waals surface area contributed by atoms with Crippen LogP contribution in [0, 0.1) is 0 Å². The second-order valence-electron chi connectivity index (χ2n) is 5.00. The van der Waals surface area contributed by atoms with Crippen molar-refractivity contribution in [2.45, 2.75) is 18.0 Å². The Labute approximate surface area is 148 Å². The molecule has 0 aliphatic carbocycles. The van der Waals surface area contributed by atoms with Crippen LogP contribution in [0.2, 0.25) is 0 Å². The van der Waals surface area contributed by atoms with Gasteiger partial charge in [0, 0.05) is 18.0 Å². The normalized spacial score (nSPS) is 10.5. The fourth-order valence-corrected chi connectivity index (χ4v) is 3.19. The van der Waals surface area contributed by atoms with E-state index in [0.717, 1.165) is 17.0 Å². The number of carbonyl (C=O) groups is 1. The summed E-state index contributed by atoms with van der Waals surface area (Å²) in [5.41, 5.74) is 2.66. The molecule has 1 aromatic carbocycles. The number of hydrogen-bond acceptors (Lipinski definition) is 6. The van der Waals surface area contributed by atoms with Gasteiger partial charge < -0.3 is 5.32 Å². The van der Waals surface area contributed by atoms with Crippen LogP contribution < -0.4 is 5.32 Å². The summed E-state index contributed by atoms with van der Waals surface area (Å²) in [6, 6.07) is 11.8. The number of amides is 1. The molecule has 0 bridgehead atoms. The van der Waals surface area contributed by atoms with Crippen molar-refractivity contribution in [2.24, 2.45) is 0 Å². The Morgan fingerprint density at radius 2 is 2.00 bits per heavy atom. The molecule has 7 heteroatoms. The zero-order valence-corrected chi connectivity index (χ0v) is 14.7. The largest absolute Gasteiger partial charge is 0.302 e. The van der Waals surface area contributed by atoms with Crippen LogP contribution in [0.4, 0.5) is 5.13 Å². The third-order valence-electron chi connectivity index (χ3n) is 3.31. The van der Waals surface area contributed by atoms with E-state index >= 15 is 0 Å². The lowest BCUT2D eigenvalue weighted by atomic mass is 10.1. The third kappa shape index (κ3) is 4.39. The summed E-state index contributed by atoms with van der Waals surface area (Å²) in [4.78, 5) is 25.1. The first kappa shape index (κ1) is 16.6. The molecule has 2 heterocycles. The van der Waals surface area contributed by atoms with Crippen molar-refractivity contribution in [2.75, 3.05) is 11.6 Å². The summed E-state index contributed by atoms with van der Waals surface area (Å²) in [5.74, 6) is -0.0350. The van der Waals surface area contributed by atoms with E-state index in [-0.39, 0.29) is 5.91 Å². The van der Waals surface area contributed by atoms with Gasteiger partial charge in [-0.05, 0) is 24.3 Å². The molecule has 1 N–H and O–H groups in total. The maximum absolute atomic E-state index is 12.1. The molecule has 0 fully saturated rings. The number of benzene rings is 1. The number of thioether (sulfide) groups is 1. The molecule has 0 saturated carbocycles. The van der Waals surface area contributed by atoms with E-state index in [0.29, 0.717) is 23.1 Å². The highest BCUT2D eigenvalue weighted by Gasteiger charge is 2.10. The predicted molar refractivity (Wildman–Crippen MR) is 98.3 cm³/mol.